The van der Waals surface area contributed by atoms with Crippen LogP contribution < -0.4 is 4.74 Å². The number of para-hydroxylation sites is 1. The number of hydrogen-bond donors (Lipinski definition) is 0. The Morgan fingerprint density at radius 3 is 3.19 bits per heavy atom. The number of Topliss-reactive ketones (excluding diaryl/α,β-unsaturated/α-hetero) is 1. The van der Waals surface area contributed by atoms with E-state index in [0.29, 0.717) is 11.6 Å². The van der Waals surface area contributed by atoms with Crippen LogP contribution in [0.5, 0.6) is 5.75 Å². The fraction of sp³-hybridized carbons (Fsp3) is 0.400. The summed E-state index contributed by atoms with van der Waals surface area (Å²) < 4.78 is 7.61. The monoisotopic (exact) mass is 303 g/mol. The Balaban J connectivity index is 1.68. The van der Waals surface area contributed by atoms with Crippen LogP contribution >= 0.6 is 11.8 Å². The van der Waals surface area contributed by atoms with Crippen LogP contribution in [0.1, 0.15) is 19.2 Å². The fourth-order valence-corrected chi connectivity index (χ4v) is 3.29. The van der Waals surface area contributed by atoms with Crippen molar-refractivity contribution in [1.29, 1.82) is 0 Å². The number of rotatable bonds is 5. The molecule has 5 nitrogen and oxygen atoms in total. The van der Waals surface area contributed by atoms with Crippen LogP contribution in [0.4, 0.5) is 0 Å². The molecule has 1 aliphatic rings. The largest absolute Gasteiger partial charge is 0.481 e. The van der Waals surface area contributed by atoms with Gasteiger partial charge in [0.2, 0.25) is 0 Å². The summed E-state index contributed by atoms with van der Waals surface area (Å²) in [5, 5.41) is 4.15. The number of hydrogen-bond acceptors (Lipinski definition) is 5. The summed E-state index contributed by atoms with van der Waals surface area (Å²) in [6.45, 7) is 2.86. The number of aromatic nitrogens is 3. The molecular weight excluding hydrogens is 286 g/mol. The summed E-state index contributed by atoms with van der Waals surface area (Å²) in [6.07, 6.45) is 2.34. The molecule has 1 atom stereocenters. The van der Waals surface area contributed by atoms with Crippen LogP contribution in [0, 0.1) is 0 Å². The molecule has 1 aromatic carbocycles. The zero-order valence-electron chi connectivity index (χ0n) is 11.9. The summed E-state index contributed by atoms with van der Waals surface area (Å²) in [6, 6.07) is 7.81. The third-order valence-corrected chi connectivity index (χ3v) is 4.45. The molecule has 2 heterocycles. The minimum Gasteiger partial charge on any atom is -0.481 e. The third kappa shape index (κ3) is 3.10. The van der Waals surface area contributed by atoms with Gasteiger partial charge in [0.15, 0.2) is 11.9 Å². The van der Waals surface area contributed by atoms with Gasteiger partial charge in [0.1, 0.15) is 17.9 Å². The average Bonchev–Trinajstić information content (AvgIpc) is 2.94. The number of aryl methyl sites for hydroxylation is 1. The standard InChI is InChI=1S/C15H17N3O2S/c1-2-7-18-15(16-10-17-18)8-11(19)13-9-21-14-6-4-3-5-12(14)20-13/h3-6,10,13H,2,7-9H2,1H3. The van der Waals surface area contributed by atoms with Gasteiger partial charge in [-0.05, 0) is 18.6 Å². The lowest BCUT2D eigenvalue weighted by atomic mass is 10.1. The Bertz CT molecular complexity index is 641. The molecule has 0 fully saturated rings. The number of thioether (sulfide) groups is 1. The number of ketones is 1. The van der Waals surface area contributed by atoms with E-state index in [2.05, 4.69) is 17.0 Å². The second-order valence-corrected chi connectivity index (χ2v) is 5.97. The van der Waals surface area contributed by atoms with E-state index in [-0.39, 0.29) is 12.2 Å². The van der Waals surface area contributed by atoms with Gasteiger partial charge in [-0.2, -0.15) is 5.10 Å². The molecule has 0 amide bonds. The van der Waals surface area contributed by atoms with E-state index < -0.39 is 6.10 Å². The second-order valence-electron chi connectivity index (χ2n) is 4.91. The van der Waals surface area contributed by atoms with E-state index in [4.69, 9.17) is 4.74 Å². The van der Waals surface area contributed by atoms with E-state index in [1.54, 1.807) is 16.4 Å². The molecule has 1 unspecified atom stereocenters. The summed E-state index contributed by atoms with van der Waals surface area (Å²) >= 11 is 1.66. The highest BCUT2D eigenvalue weighted by atomic mass is 32.2. The summed E-state index contributed by atoms with van der Waals surface area (Å²) in [5.74, 6) is 2.22. The molecule has 3 rings (SSSR count). The molecule has 1 aromatic heterocycles. The van der Waals surface area contributed by atoms with Crippen LogP contribution in [-0.2, 0) is 17.8 Å². The Kier molecular flexibility index (Phi) is 4.24. The molecule has 0 radical (unpaired) electrons. The van der Waals surface area contributed by atoms with E-state index in [1.807, 2.05) is 24.3 Å². The topological polar surface area (TPSA) is 57.0 Å². The van der Waals surface area contributed by atoms with Crippen molar-refractivity contribution < 1.29 is 9.53 Å². The lowest BCUT2D eigenvalue weighted by Crippen LogP contribution is -2.34. The Hall–Kier alpha value is -1.82. The molecule has 110 valence electrons. The molecule has 0 spiro atoms. The fourth-order valence-electron chi connectivity index (χ4n) is 2.27. The summed E-state index contributed by atoms with van der Waals surface area (Å²) in [4.78, 5) is 17.7. The summed E-state index contributed by atoms with van der Waals surface area (Å²) in [5.41, 5.74) is 0. The van der Waals surface area contributed by atoms with Crippen LogP contribution in [0.15, 0.2) is 35.5 Å². The van der Waals surface area contributed by atoms with E-state index in [0.717, 1.165) is 23.6 Å². The first-order chi connectivity index (χ1) is 10.3. The van der Waals surface area contributed by atoms with E-state index >= 15 is 0 Å². The van der Waals surface area contributed by atoms with Gasteiger partial charge in [0.25, 0.3) is 0 Å². The molecule has 1 aliphatic heterocycles. The lowest BCUT2D eigenvalue weighted by Gasteiger charge is -2.24. The van der Waals surface area contributed by atoms with Gasteiger partial charge in [-0.15, -0.1) is 11.8 Å². The third-order valence-electron chi connectivity index (χ3n) is 3.33. The number of ether oxygens (including phenoxy) is 1. The Morgan fingerprint density at radius 2 is 2.33 bits per heavy atom. The van der Waals surface area contributed by atoms with Gasteiger partial charge < -0.3 is 4.74 Å². The molecule has 0 aliphatic carbocycles. The van der Waals surface area contributed by atoms with Crippen LogP contribution in [0.2, 0.25) is 0 Å². The highest BCUT2D eigenvalue weighted by molar-refractivity contribution is 7.99. The zero-order chi connectivity index (χ0) is 14.7. The van der Waals surface area contributed by atoms with Crippen LogP contribution in [0.25, 0.3) is 0 Å². The van der Waals surface area contributed by atoms with Crippen LogP contribution in [-0.4, -0.2) is 32.4 Å². The van der Waals surface area contributed by atoms with Crippen molar-refractivity contribution in [2.75, 3.05) is 5.75 Å². The smallest absolute Gasteiger partial charge is 0.181 e. The highest BCUT2D eigenvalue weighted by Gasteiger charge is 2.27. The normalized spacial score (nSPS) is 17.1. The number of benzene rings is 1. The molecular formula is C15H17N3O2S. The maximum atomic E-state index is 12.4. The number of fused-ring (bicyclic) bond motifs is 1. The number of carbonyl (C=O) groups excluding carboxylic acids is 1. The first-order valence-corrected chi connectivity index (χ1v) is 8.04. The quantitative estimate of drug-likeness (QED) is 0.848. The van der Waals surface area contributed by atoms with E-state index in [9.17, 15) is 4.79 Å². The first kappa shape index (κ1) is 14.1. The molecule has 0 saturated heterocycles. The van der Waals surface area contributed by atoms with Gasteiger partial charge in [-0.1, -0.05) is 19.1 Å². The maximum Gasteiger partial charge on any atom is 0.181 e. The van der Waals surface area contributed by atoms with E-state index in [1.165, 1.54) is 6.33 Å². The van der Waals surface area contributed by atoms with Crippen molar-refractivity contribution in [2.24, 2.45) is 0 Å². The van der Waals surface area contributed by atoms with Gasteiger partial charge in [-0.25, -0.2) is 9.67 Å². The van der Waals surface area contributed by atoms with Crippen molar-refractivity contribution in [3.8, 4) is 5.75 Å². The molecule has 0 N–H and O–H groups in total. The minimum absolute atomic E-state index is 0.0577. The maximum absolute atomic E-state index is 12.4. The van der Waals surface area contributed by atoms with Crippen molar-refractivity contribution in [1.82, 2.24) is 14.8 Å². The average molecular weight is 303 g/mol. The predicted molar refractivity (Wildman–Crippen MR) is 80.6 cm³/mol. The van der Waals surface area contributed by atoms with Gasteiger partial charge in [-0.3, -0.25) is 4.79 Å². The molecule has 21 heavy (non-hydrogen) atoms. The SMILES string of the molecule is CCCn1ncnc1CC(=O)C1CSc2ccccc2O1. The molecule has 0 saturated carbocycles. The molecule has 2 aromatic rings. The van der Waals surface area contributed by atoms with Gasteiger partial charge in [0, 0.05) is 17.2 Å². The highest BCUT2D eigenvalue weighted by Crippen LogP contribution is 2.35. The van der Waals surface area contributed by atoms with Crippen molar-refractivity contribution in [2.45, 2.75) is 37.3 Å². The van der Waals surface area contributed by atoms with Gasteiger partial charge in [0.05, 0.1) is 6.42 Å². The Morgan fingerprint density at radius 1 is 1.48 bits per heavy atom. The van der Waals surface area contributed by atoms with Crippen molar-refractivity contribution in [3.05, 3.63) is 36.4 Å². The van der Waals surface area contributed by atoms with Crippen molar-refractivity contribution in [3.63, 3.8) is 0 Å². The number of nitrogens with zero attached hydrogens (tertiary/aromatic N) is 3. The van der Waals surface area contributed by atoms with Crippen molar-refractivity contribution >= 4 is 17.5 Å². The number of carbonyl (C=O) groups is 1. The first-order valence-electron chi connectivity index (χ1n) is 7.06. The van der Waals surface area contributed by atoms with Gasteiger partial charge >= 0.3 is 0 Å². The predicted octanol–water partition coefficient (Wildman–Crippen LogP) is 2.35. The zero-order valence-corrected chi connectivity index (χ0v) is 12.7. The second kappa shape index (κ2) is 6.30. The van der Waals surface area contributed by atoms with Crippen LogP contribution in [0.3, 0.4) is 0 Å². The minimum atomic E-state index is -0.406. The Labute approximate surface area is 127 Å². The lowest BCUT2D eigenvalue weighted by molar-refractivity contribution is -0.124. The summed E-state index contributed by atoms with van der Waals surface area (Å²) in [7, 11) is 0. The molecule has 6 heteroatoms. The molecule has 0 bridgehead atoms.